The van der Waals surface area contributed by atoms with Gasteiger partial charge in [-0.1, -0.05) is 41.9 Å². The number of rotatable bonds is 6. The zero-order valence-electron chi connectivity index (χ0n) is 16.1. The molecule has 0 saturated heterocycles. The third-order valence-corrected chi connectivity index (χ3v) is 5.67. The number of carbonyl (C=O) groups excluding carboxylic acids is 2. The van der Waals surface area contributed by atoms with E-state index in [0.717, 1.165) is 24.2 Å². The second kappa shape index (κ2) is 8.35. The maximum Gasteiger partial charge on any atom is 0.341 e. The van der Waals surface area contributed by atoms with Crippen LogP contribution in [0.1, 0.15) is 17.2 Å². The van der Waals surface area contributed by atoms with E-state index in [1.165, 1.54) is 12.7 Å². The van der Waals surface area contributed by atoms with Crippen molar-refractivity contribution in [3.63, 3.8) is 0 Å². The van der Waals surface area contributed by atoms with Crippen molar-refractivity contribution in [2.45, 2.75) is 12.5 Å². The topological polar surface area (TPSA) is 71.0 Å². The molecule has 1 N–H and O–H groups in total. The molecule has 0 spiro atoms. The zero-order valence-corrected chi connectivity index (χ0v) is 16.9. The molecular formula is C22H22ClN3O3. The van der Waals surface area contributed by atoms with Gasteiger partial charge in [0.1, 0.15) is 6.61 Å². The minimum atomic E-state index is -0.596. The number of ether oxygens (including phenoxy) is 1. The highest BCUT2D eigenvalue weighted by Crippen LogP contribution is 2.32. The van der Waals surface area contributed by atoms with E-state index in [1.54, 1.807) is 12.1 Å². The first kappa shape index (κ1) is 19.6. The van der Waals surface area contributed by atoms with Crippen molar-refractivity contribution in [2.24, 2.45) is 10.9 Å². The van der Waals surface area contributed by atoms with Crippen LogP contribution in [0.25, 0.3) is 0 Å². The Hall–Kier alpha value is -2.70. The molecule has 6 nitrogen and oxygen atoms in total. The van der Waals surface area contributed by atoms with E-state index in [2.05, 4.69) is 27.3 Å². The smallest absolute Gasteiger partial charge is 0.341 e. The molecule has 150 valence electrons. The molecule has 2 aromatic rings. The van der Waals surface area contributed by atoms with Crippen molar-refractivity contribution in [3.8, 4) is 0 Å². The molecule has 0 aliphatic carbocycles. The van der Waals surface area contributed by atoms with Gasteiger partial charge >= 0.3 is 6.03 Å². The molecule has 7 heteroatoms. The minimum absolute atomic E-state index is 0.0414. The lowest BCUT2D eigenvalue weighted by Gasteiger charge is -2.33. The first-order valence-electron chi connectivity index (χ1n) is 9.54. The Morgan fingerprint density at radius 1 is 1.24 bits per heavy atom. The Labute approximate surface area is 174 Å². The molecule has 2 atom stereocenters. The van der Waals surface area contributed by atoms with Crippen LogP contribution < -0.4 is 10.2 Å². The van der Waals surface area contributed by atoms with Gasteiger partial charge in [-0.2, -0.15) is 0 Å². The molecule has 29 heavy (non-hydrogen) atoms. The second-order valence-corrected chi connectivity index (χ2v) is 7.70. The molecule has 2 aliphatic rings. The summed E-state index contributed by atoms with van der Waals surface area (Å²) in [6.45, 7) is 1.21. The highest BCUT2D eigenvalue weighted by atomic mass is 35.5. The zero-order chi connectivity index (χ0) is 20.4. The minimum Gasteiger partial charge on any atom is -0.377 e. The summed E-state index contributed by atoms with van der Waals surface area (Å²) in [6, 6.07) is 14.4. The number of Topliss-reactive ketones (excluding diaryl/α,β-unsaturated/α-hetero) is 1. The summed E-state index contributed by atoms with van der Waals surface area (Å²) < 4.78 is 5.11. The number of carbonyl (C=O) groups is 2. The maximum absolute atomic E-state index is 13.0. The van der Waals surface area contributed by atoms with Gasteiger partial charge < -0.3 is 15.0 Å². The number of nitrogens with zero attached hydrogens (tertiary/aromatic N) is 2. The predicted octanol–water partition coefficient (Wildman–Crippen LogP) is 3.44. The lowest BCUT2D eigenvalue weighted by Crippen LogP contribution is -2.49. The summed E-state index contributed by atoms with van der Waals surface area (Å²) in [6.07, 6.45) is 0.937. The quantitative estimate of drug-likeness (QED) is 0.790. The number of hydrogen-bond donors (Lipinski definition) is 1. The predicted molar refractivity (Wildman–Crippen MR) is 113 cm³/mol. The summed E-state index contributed by atoms with van der Waals surface area (Å²) in [5.41, 5.74) is 3.77. The Balaban J connectivity index is 1.67. The van der Waals surface area contributed by atoms with Crippen LogP contribution in [-0.2, 0) is 16.0 Å². The Morgan fingerprint density at radius 2 is 2.00 bits per heavy atom. The van der Waals surface area contributed by atoms with Gasteiger partial charge in [0.15, 0.2) is 5.78 Å². The molecule has 4 rings (SSSR count). The number of halogens is 1. The first-order valence-corrected chi connectivity index (χ1v) is 9.92. The molecule has 0 aromatic heterocycles. The average Bonchev–Trinajstić information content (AvgIpc) is 3.11. The third-order valence-electron chi connectivity index (χ3n) is 5.42. The fraction of sp³-hybridized carbons (Fsp3) is 0.318. The van der Waals surface area contributed by atoms with Gasteiger partial charge in [0.05, 0.1) is 24.2 Å². The van der Waals surface area contributed by atoms with Crippen LogP contribution in [0, 0.1) is 5.92 Å². The van der Waals surface area contributed by atoms with E-state index in [1.807, 2.05) is 24.3 Å². The van der Waals surface area contributed by atoms with Crippen LogP contribution in [-0.4, -0.2) is 44.3 Å². The van der Waals surface area contributed by atoms with Crippen LogP contribution in [0.15, 0.2) is 53.5 Å². The van der Waals surface area contributed by atoms with Crippen molar-refractivity contribution in [1.82, 2.24) is 5.32 Å². The van der Waals surface area contributed by atoms with Gasteiger partial charge in [-0.3, -0.25) is 4.79 Å². The fourth-order valence-electron chi connectivity index (χ4n) is 4.09. The normalized spacial score (nSPS) is 20.8. The van der Waals surface area contributed by atoms with Crippen molar-refractivity contribution >= 4 is 34.8 Å². The van der Waals surface area contributed by atoms with Gasteiger partial charge in [0, 0.05) is 24.4 Å². The molecule has 0 saturated carbocycles. The first-order chi connectivity index (χ1) is 14.1. The number of urea groups is 1. The summed E-state index contributed by atoms with van der Waals surface area (Å²) in [5, 5.41) is 3.45. The number of para-hydroxylation sites is 1. The fourth-order valence-corrected chi connectivity index (χ4v) is 4.22. The van der Waals surface area contributed by atoms with Crippen LogP contribution >= 0.6 is 11.6 Å². The molecule has 2 heterocycles. The van der Waals surface area contributed by atoms with E-state index in [9.17, 15) is 9.59 Å². The third kappa shape index (κ3) is 4.04. The number of methoxy groups -OCH3 is 1. The van der Waals surface area contributed by atoms with E-state index in [4.69, 9.17) is 16.3 Å². The average molecular weight is 412 g/mol. The second-order valence-electron chi connectivity index (χ2n) is 7.26. The molecule has 2 aliphatic heterocycles. The molecule has 0 bridgehead atoms. The van der Waals surface area contributed by atoms with Crippen LogP contribution in [0.3, 0.4) is 0 Å². The van der Waals surface area contributed by atoms with Crippen molar-refractivity contribution < 1.29 is 14.3 Å². The number of anilines is 1. The molecular weight excluding hydrogens is 390 g/mol. The summed E-state index contributed by atoms with van der Waals surface area (Å²) in [4.78, 5) is 31.8. The number of ketones is 1. The van der Waals surface area contributed by atoms with E-state index in [-0.39, 0.29) is 12.4 Å². The highest BCUT2D eigenvalue weighted by molar-refractivity contribution is 6.30. The number of nitrogens with one attached hydrogen (secondary N) is 1. The van der Waals surface area contributed by atoms with Gasteiger partial charge in [0.2, 0.25) is 0 Å². The van der Waals surface area contributed by atoms with Crippen LogP contribution in [0.5, 0.6) is 0 Å². The summed E-state index contributed by atoms with van der Waals surface area (Å²) >= 11 is 6.01. The maximum atomic E-state index is 13.0. The largest absolute Gasteiger partial charge is 0.377 e. The molecule has 2 amide bonds. The van der Waals surface area contributed by atoms with Crippen molar-refractivity contribution in [2.75, 3.05) is 31.7 Å². The monoisotopic (exact) mass is 411 g/mol. The van der Waals surface area contributed by atoms with Crippen LogP contribution in [0.2, 0.25) is 5.02 Å². The Morgan fingerprint density at radius 3 is 2.76 bits per heavy atom. The van der Waals surface area contributed by atoms with Gasteiger partial charge in [0.25, 0.3) is 0 Å². The number of amides is 2. The summed E-state index contributed by atoms with van der Waals surface area (Å²) in [7, 11) is 1.49. The lowest BCUT2D eigenvalue weighted by atomic mass is 9.84. The van der Waals surface area contributed by atoms with E-state index >= 15 is 0 Å². The molecule has 2 unspecified atom stereocenters. The Bertz CT molecular complexity index is 958. The molecule has 0 fully saturated rings. The number of aliphatic imine (C=N–C) groups is 1. The summed E-state index contributed by atoms with van der Waals surface area (Å²) in [5.74, 6) is -0.708. The van der Waals surface area contributed by atoms with Crippen molar-refractivity contribution in [3.05, 3.63) is 64.7 Å². The van der Waals surface area contributed by atoms with Crippen molar-refractivity contribution in [1.29, 1.82) is 0 Å². The highest BCUT2D eigenvalue weighted by Gasteiger charge is 2.39. The number of benzene rings is 2. The molecule has 2 aromatic carbocycles. The van der Waals surface area contributed by atoms with Crippen LogP contribution in [0.4, 0.5) is 10.5 Å². The SMILES string of the molecule is COCC(=O)C1C(CN2CCc3ccccc32)=NC(=O)NC1c1ccc(Cl)cc1. The Kier molecular flexibility index (Phi) is 5.65. The van der Waals surface area contributed by atoms with Gasteiger partial charge in [-0.25, -0.2) is 9.79 Å². The number of hydrogen-bond acceptors (Lipinski definition) is 4. The van der Waals surface area contributed by atoms with Gasteiger partial charge in [-0.15, -0.1) is 0 Å². The standard InChI is InChI=1S/C22H22ClN3O3/c1-29-13-19(27)20-17(12-26-11-10-14-4-2-3-5-18(14)26)24-22(28)25-21(20)15-6-8-16(23)9-7-15/h2-9,20-21H,10-13H2,1H3,(H,25,28). The van der Waals surface area contributed by atoms with E-state index in [0.29, 0.717) is 17.3 Å². The van der Waals surface area contributed by atoms with Gasteiger partial charge in [-0.05, 0) is 35.7 Å². The lowest BCUT2D eigenvalue weighted by molar-refractivity contribution is -0.125. The van der Waals surface area contributed by atoms with E-state index < -0.39 is 18.0 Å². The number of fused-ring (bicyclic) bond motifs is 1. The molecule has 0 radical (unpaired) electrons.